The lowest BCUT2D eigenvalue weighted by atomic mass is 10.0. The van der Waals surface area contributed by atoms with E-state index in [4.69, 9.17) is 4.98 Å². The van der Waals surface area contributed by atoms with Crippen molar-refractivity contribution in [2.75, 3.05) is 0 Å². The van der Waals surface area contributed by atoms with Crippen molar-refractivity contribution in [2.45, 2.75) is 27.2 Å². The first kappa shape index (κ1) is 15.2. The summed E-state index contributed by atoms with van der Waals surface area (Å²) in [6.07, 6.45) is 10.8. The van der Waals surface area contributed by atoms with E-state index in [-0.39, 0.29) is 0 Å². The molecule has 0 fully saturated rings. The maximum absolute atomic E-state index is 4.73. The van der Waals surface area contributed by atoms with Crippen LogP contribution in [-0.2, 0) is 7.05 Å². The third kappa shape index (κ3) is 3.57. The molecule has 0 spiro atoms. The van der Waals surface area contributed by atoms with Crippen molar-refractivity contribution < 1.29 is 0 Å². The summed E-state index contributed by atoms with van der Waals surface area (Å²) in [6.45, 7) is 13.9. The lowest BCUT2D eigenvalue weighted by Crippen LogP contribution is -2.01. The van der Waals surface area contributed by atoms with Crippen LogP contribution in [0.5, 0.6) is 0 Å². The number of hydrogen-bond acceptors (Lipinski definition) is 1. The topological polar surface area (TPSA) is 17.8 Å². The Morgan fingerprint density at radius 1 is 1.42 bits per heavy atom. The van der Waals surface area contributed by atoms with Gasteiger partial charge >= 0.3 is 0 Å². The van der Waals surface area contributed by atoms with Gasteiger partial charge in [0.15, 0.2) is 0 Å². The van der Waals surface area contributed by atoms with E-state index >= 15 is 0 Å². The maximum Gasteiger partial charge on any atom is 0.136 e. The maximum atomic E-state index is 4.73. The SMILES string of the molecule is C=C/C=C\c1nc(/C(=C/C)C[C@@H](C)C=C)n(C)c1C. The second-order valence-corrected chi connectivity index (χ2v) is 4.79. The lowest BCUT2D eigenvalue weighted by molar-refractivity contribution is 0.742. The van der Waals surface area contributed by atoms with Gasteiger partial charge in [-0.2, -0.15) is 0 Å². The molecule has 0 aromatic carbocycles. The molecule has 0 amide bonds. The Morgan fingerprint density at radius 2 is 2.11 bits per heavy atom. The molecule has 1 heterocycles. The third-order valence-corrected chi connectivity index (χ3v) is 3.39. The summed E-state index contributed by atoms with van der Waals surface area (Å²) in [7, 11) is 2.06. The zero-order chi connectivity index (χ0) is 14.4. The van der Waals surface area contributed by atoms with Gasteiger partial charge in [-0.25, -0.2) is 4.98 Å². The molecule has 0 radical (unpaired) electrons. The molecule has 102 valence electrons. The number of hydrogen-bond donors (Lipinski definition) is 0. The number of aromatic nitrogens is 2. The van der Waals surface area contributed by atoms with Crippen LogP contribution in [0.4, 0.5) is 0 Å². The summed E-state index contributed by atoms with van der Waals surface area (Å²) >= 11 is 0. The normalized spacial score (nSPS) is 13.8. The van der Waals surface area contributed by atoms with E-state index in [2.05, 4.69) is 51.6 Å². The second-order valence-electron chi connectivity index (χ2n) is 4.79. The highest BCUT2D eigenvalue weighted by Gasteiger charge is 2.14. The second kappa shape index (κ2) is 6.93. The van der Waals surface area contributed by atoms with Crippen molar-refractivity contribution in [3.8, 4) is 0 Å². The van der Waals surface area contributed by atoms with Gasteiger partial charge in [-0.05, 0) is 37.8 Å². The van der Waals surface area contributed by atoms with E-state index < -0.39 is 0 Å². The minimum absolute atomic E-state index is 0.454. The summed E-state index contributed by atoms with van der Waals surface area (Å²) in [5.74, 6) is 1.49. The van der Waals surface area contributed by atoms with E-state index in [1.165, 1.54) is 11.3 Å². The fourth-order valence-electron chi connectivity index (χ4n) is 1.97. The average molecular weight is 256 g/mol. The fourth-order valence-corrected chi connectivity index (χ4v) is 1.97. The molecule has 0 aliphatic carbocycles. The van der Waals surface area contributed by atoms with Gasteiger partial charge in [0.25, 0.3) is 0 Å². The van der Waals surface area contributed by atoms with Gasteiger partial charge < -0.3 is 4.57 Å². The molecule has 0 aliphatic rings. The first-order valence-corrected chi connectivity index (χ1v) is 6.65. The molecule has 0 N–H and O–H groups in total. The Bertz CT molecular complexity index is 516. The molecule has 0 saturated carbocycles. The van der Waals surface area contributed by atoms with Crippen molar-refractivity contribution in [1.82, 2.24) is 9.55 Å². The first-order chi connectivity index (χ1) is 9.04. The van der Waals surface area contributed by atoms with Crippen molar-refractivity contribution in [3.63, 3.8) is 0 Å². The Hall–Kier alpha value is -1.83. The molecule has 1 rings (SSSR count). The molecular formula is C17H24N2. The summed E-state index contributed by atoms with van der Waals surface area (Å²) in [6, 6.07) is 0. The smallest absolute Gasteiger partial charge is 0.136 e. The van der Waals surface area contributed by atoms with Crippen LogP contribution in [0.25, 0.3) is 11.6 Å². The molecule has 1 aromatic rings. The van der Waals surface area contributed by atoms with E-state index in [1.54, 1.807) is 6.08 Å². The quantitative estimate of drug-likeness (QED) is 0.539. The lowest BCUT2D eigenvalue weighted by Gasteiger charge is -2.10. The zero-order valence-electron chi connectivity index (χ0n) is 12.5. The molecule has 19 heavy (non-hydrogen) atoms. The van der Waals surface area contributed by atoms with Gasteiger partial charge in [-0.1, -0.05) is 37.8 Å². The summed E-state index contributed by atoms with van der Waals surface area (Å²) < 4.78 is 2.15. The van der Waals surface area contributed by atoms with E-state index in [0.29, 0.717) is 5.92 Å². The predicted molar refractivity (Wildman–Crippen MR) is 84.8 cm³/mol. The average Bonchev–Trinajstić information content (AvgIpc) is 2.70. The Labute approximate surface area is 116 Å². The van der Waals surface area contributed by atoms with Crippen LogP contribution in [0.15, 0.2) is 37.5 Å². The fraction of sp³-hybridized carbons (Fsp3) is 0.353. The standard InChI is InChI=1S/C17H24N2/c1-7-10-11-16-14(5)19(6)17(18-16)15(9-3)12-13(4)8-2/h7-11,13H,1-2,12H2,3-6H3/b11-10-,15-9+/t13-/m0/s1. The van der Waals surface area contributed by atoms with Gasteiger partial charge in [0.2, 0.25) is 0 Å². The van der Waals surface area contributed by atoms with Gasteiger partial charge in [0.05, 0.1) is 5.69 Å². The van der Waals surface area contributed by atoms with Gasteiger partial charge in [-0.15, -0.1) is 6.58 Å². The molecule has 0 saturated heterocycles. The molecule has 0 unspecified atom stereocenters. The number of nitrogens with zero attached hydrogens (tertiary/aromatic N) is 2. The van der Waals surface area contributed by atoms with Crippen LogP contribution >= 0.6 is 0 Å². The number of allylic oxidation sites excluding steroid dienone is 5. The molecule has 2 nitrogen and oxygen atoms in total. The van der Waals surface area contributed by atoms with Crippen molar-refractivity contribution in [1.29, 1.82) is 0 Å². The van der Waals surface area contributed by atoms with Crippen molar-refractivity contribution in [2.24, 2.45) is 13.0 Å². The Balaban J connectivity index is 3.15. The van der Waals surface area contributed by atoms with E-state index in [0.717, 1.165) is 17.9 Å². The van der Waals surface area contributed by atoms with Gasteiger partial charge in [0.1, 0.15) is 5.82 Å². The van der Waals surface area contributed by atoms with Gasteiger partial charge in [-0.3, -0.25) is 0 Å². The first-order valence-electron chi connectivity index (χ1n) is 6.65. The summed E-state index contributed by atoms with van der Waals surface area (Å²) in [5.41, 5.74) is 3.43. The number of imidazole rings is 1. The third-order valence-electron chi connectivity index (χ3n) is 3.39. The van der Waals surface area contributed by atoms with Crippen LogP contribution in [0, 0.1) is 12.8 Å². The highest BCUT2D eigenvalue weighted by atomic mass is 15.1. The van der Waals surface area contributed by atoms with Crippen LogP contribution in [0.2, 0.25) is 0 Å². The molecule has 1 atom stereocenters. The van der Waals surface area contributed by atoms with E-state index in [1.807, 2.05) is 18.2 Å². The molecule has 1 aromatic heterocycles. The molecule has 0 aliphatic heterocycles. The highest BCUT2D eigenvalue weighted by molar-refractivity contribution is 5.63. The van der Waals surface area contributed by atoms with E-state index in [9.17, 15) is 0 Å². The Kier molecular flexibility index (Phi) is 5.56. The van der Waals surface area contributed by atoms with Crippen LogP contribution in [0.3, 0.4) is 0 Å². The Morgan fingerprint density at radius 3 is 2.63 bits per heavy atom. The zero-order valence-corrected chi connectivity index (χ0v) is 12.5. The van der Waals surface area contributed by atoms with Crippen LogP contribution < -0.4 is 0 Å². The minimum atomic E-state index is 0.454. The summed E-state index contributed by atoms with van der Waals surface area (Å²) in [4.78, 5) is 4.73. The molecule has 0 bridgehead atoms. The monoisotopic (exact) mass is 256 g/mol. The van der Waals surface area contributed by atoms with Crippen LogP contribution in [0.1, 0.15) is 37.5 Å². The van der Waals surface area contributed by atoms with Crippen molar-refractivity contribution >= 4 is 11.6 Å². The van der Waals surface area contributed by atoms with Gasteiger partial charge in [0, 0.05) is 12.7 Å². The predicted octanol–water partition coefficient (Wildman–Crippen LogP) is 4.54. The summed E-state index contributed by atoms with van der Waals surface area (Å²) in [5, 5.41) is 0. The molecular weight excluding hydrogens is 232 g/mol. The minimum Gasteiger partial charge on any atom is -0.331 e. The largest absolute Gasteiger partial charge is 0.331 e. The van der Waals surface area contributed by atoms with Crippen LogP contribution in [-0.4, -0.2) is 9.55 Å². The highest BCUT2D eigenvalue weighted by Crippen LogP contribution is 2.24. The number of rotatable bonds is 6. The molecule has 2 heteroatoms. The van der Waals surface area contributed by atoms with Crippen molar-refractivity contribution in [3.05, 3.63) is 54.7 Å².